The first-order chi connectivity index (χ1) is 27.1. The number of nitrogens with one attached hydrogen (secondary N) is 2. The second-order valence-corrected chi connectivity index (χ2v) is 17.4. The van der Waals surface area contributed by atoms with Crippen molar-refractivity contribution in [2.45, 2.75) is 85.9 Å². The van der Waals surface area contributed by atoms with Gasteiger partial charge in [0.05, 0.1) is 34.8 Å². The fraction of sp³-hybridized carbons (Fsp3) is 0.452. The molecule has 4 heterocycles. The molecule has 4 aromatic rings. The van der Waals surface area contributed by atoms with E-state index >= 15 is 0 Å². The number of imidazole rings is 1. The lowest BCUT2D eigenvalue weighted by molar-refractivity contribution is -0.274. The Morgan fingerprint density at radius 3 is 2.19 bits per heavy atom. The van der Waals surface area contributed by atoms with Crippen molar-refractivity contribution in [1.29, 1.82) is 0 Å². The van der Waals surface area contributed by atoms with Crippen LogP contribution >= 0.6 is 11.6 Å². The van der Waals surface area contributed by atoms with Crippen LogP contribution < -0.4 is 15.0 Å². The van der Waals surface area contributed by atoms with Crippen LogP contribution in [-0.2, 0) is 9.53 Å². The molecule has 0 unspecified atom stereocenters. The molecule has 2 fully saturated rings. The number of benzene rings is 2. The van der Waals surface area contributed by atoms with Crippen molar-refractivity contribution in [2.24, 2.45) is 11.3 Å². The molecular weight excluding hydrogens is 775 g/mol. The molecule has 3 atom stereocenters. The zero-order valence-corrected chi connectivity index (χ0v) is 34.6. The van der Waals surface area contributed by atoms with Crippen LogP contribution in [-0.4, -0.2) is 86.8 Å². The van der Waals surface area contributed by atoms with Gasteiger partial charge in [-0.15, -0.1) is 13.2 Å². The number of alkyl halides is 3. The maximum absolute atomic E-state index is 13.7. The highest BCUT2D eigenvalue weighted by atomic mass is 35.5. The molecule has 58 heavy (non-hydrogen) atoms. The van der Waals surface area contributed by atoms with E-state index in [2.05, 4.69) is 36.8 Å². The van der Waals surface area contributed by atoms with Gasteiger partial charge in [-0.2, -0.15) is 0 Å². The monoisotopic (exact) mass is 823 g/mol. The number of halogens is 4. The van der Waals surface area contributed by atoms with Gasteiger partial charge < -0.3 is 29.6 Å². The summed E-state index contributed by atoms with van der Waals surface area (Å²) in [5.41, 5.74) is 0.629. The van der Waals surface area contributed by atoms with Gasteiger partial charge in [0.25, 0.3) is 5.91 Å². The van der Waals surface area contributed by atoms with E-state index in [0.717, 1.165) is 6.07 Å². The molecule has 16 heteroatoms. The lowest BCUT2D eigenvalue weighted by atomic mass is 9.94. The van der Waals surface area contributed by atoms with E-state index in [1.807, 2.05) is 53.4 Å². The van der Waals surface area contributed by atoms with Crippen molar-refractivity contribution in [2.75, 3.05) is 36.4 Å². The van der Waals surface area contributed by atoms with Gasteiger partial charge in [-0.1, -0.05) is 63.6 Å². The maximum Gasteiger partial charge on any atom is 0.573 e. The third kappa shape index (κ3) is 9.86. The Labute approximate surface area is 341 Å². The minimum absolute atomic E-state index is 0.000396. The molecule has 2 aliphatic rings. The Bertz CT molecular complexity index is 2150. The number of nitrogens with zero attached hydrogens (tertiary/aromatic N) is 5. The first-order valence-electron chi connectivity index (χ1n) is 19.1. The number of ether oxygens (including phenoxy) is 2. The molecule has 0 aliphatic carbocycles. The van der Waals surface area contributed by atoms with E-state index < -0.39 is 35.1 Å². The number of H-pyrrole nitrogens is 1. The van der Waals surface area contributed by atoms with E-state index in [4.69, 9.17) is 16.3 Å². The summed E-state index contributed by atoms with van der Waals surface area (Å²) >= 11 is 6.62. The highest BCUT2D eigenvalue weighted by Crippen LogP contribution is 2.42. The predicted molar refractivity (Wildman–Crippen MR) is 216 cm³/mol. The van der Waals surface area contributed by atoms with Crippen LogP contribution in [0.1, 0.15) is 84.0 Å². The minimum atomic E-state index is -5.08. The molecule has 2 N–H and O–H groups in total. The largest absolute Gasteiger partial charge is 0.573 e. The van der Waals surface area contributed by atoms with Crippen LogP contribution in [0.5, 0.6) is 5.75 Å². The van der Waals surface area contributed by atoms with Gasteiger partial charge in [0.2, 0.25) is 5.91 Å². The molecule has 2 aliphatic heterocycles. The molecule has 0 spiro atoms. The predicted octanol–water partition coefficient (Wildman–Crippen LogP) is 9.34. The van der Waals surface area contributed by atoms with E-state index in [0.29, 0.717) is 66.8 Å². The summed E-state index contributed by atoms with van der Waals surface area (Å²) < 4.78 is 51.3. The van der Waals surface area contributed by atoms with Crippen LogP contribution in [0.3, 0.4) is 0 Å². The molecule has 0 saturated carbocycles. The van der Waals surface area contributed by atoms with Gasteiger partial charge in [0.1, 0.15) is 23.0 Å². The molecule has 2 saturated heterocycles. The Kier molecular flexibility index (Phi) is 11.8. The van der Waals surface area contributed by atoms with Crippen molar-refractivity contribution in [3.63, 3.8) is 0 Å². The van der Waals surface area contributed by atoms with Crippen LogP contribution in [0.15, 0.2) is 60.9 Å². The molecule has 0 radical (unpaired) electrons. The summed E-state index contributed by atoms with van der Waals surface area (Å²) in [5.74, 6) is 0.213. The number of hydrogen-bond donors (Lipinski definition) is 2. The van der Waals surface area contributed by atoms with Gasteiger partial charge in [-0.25, -0.2) is 14.8 Å². The molecule has 2 aromatic carbocycles. The number of pyridine rings is 1. The molecular formula is C42H49ClF3N7O5. The first-order valence-corrected chi connectivity index (χ1v) is 19.5. The average molecular weight is 824 g/mol. The van der Waals surface area contributed by atoms with E-state index in [-0.39, 0.29) is 40.1 Å². The minimum Gasteiger partial charge on any atom is -0.444 e. The van der Waals surface area contributed by atoms with E-state index in [1.54, 1.807) is 47.5 Å². The number of aromatic amines is 1. The Morgan fingerprint density at radius 2 is 1.59 bits per heavy atom. The second-order valence-electron chi connectivity index (χ2n) is 17.0. The van der Waals surface area contributed by atoms with Crippen LogP contribution in [0.25, 0.3) is 22.4 Å². The Hall–Kier alpha value is -5.31. The first kappa shape index (κ1) is 42.3. The van der Waals surface area contributed by atoms with E-state index in [9.17, 15) is 27.6 Å². The van der Waals surface area contributed by atoms with Crippen LogP contribution in [0.2, 0.25) is 5.02 Å². The maximum atomic E-state index is 13.7. The third-order valence-corrected chi connectivity index (χ3v) is 10.2. The summed E-state index contributed by atoms with van der Waals surface area (Å²) in [4.78, 5) is 57.1. The summed E-state index contributed by atoms with van der Waals surface area (Å²) in [6, 6.07) is 12.0. The van der Waals surface area contributed by atoms with Crippen molar-refractivity contribution in [3.05, 3.63) is 77.3 Å². The normalized spacial score (nSPS) is 19.0. The fourth-order valence-electron chi connectivity index (χ4n) is 7.28. The standard InChI is InChI=1S/C42H49ClF3N7O5/c1-24-17-32(53(22-24)39(56)58-41(6,7)8)36-48-21-31(50-36)26-9-11-27(12-10-26)35-30(43)18-28(19-33(35)57-42(44,45)46)37(54)49-29-13-14-34(47-20-29)52-16-15-51(23-25(52)2)38(55)40(3,4)5/h9-14,18-21,24-25,32H,15-17,22-23H2,1-8H3,(H,48,50)(H,49,54)/t24-,25+,32-/m0/s1. The molecule has 12 nitrogen and oxygen atoms in total. The molecule has 310 valence electrons. The fourth-order valence-corrected chi connectivity index (χ4v) is 7.60. The zero-order valence-electron chi connectivity index (χ0n) is 33.8. The summed E-state index contributed by atoms with van der Waals surface area (Å²) in [5, 5.41) is 2.55. The summed E-state index contributed by atoms with van der Waals surface area (Å²) in [6.45, 7) is 17.4. The highest BCUT2D eigenvalue weighted by Gasteiger charge is 2.39. The quantitative estimate of drug-likeness (QED) is 0.189. The Balaban J connectivity index is 1.17. The number of piperazine rings is 1. The lowest BCUT2D eigenvalue weighted by Crippen LogP contribution is -2.56. The van der Waals surface area contributed by atoms with Gasteiger partial charge in [-0.3, -0.25) is 14.5 Å². The number of rotatable bonds is 7. The van der Waals surface area contributed by atoms with Crippen LogP contribution in [0.4, 0.5) is 29.5 Å². The number of likely N-dealkylation sites (tertiary alicyclic amines) is 1. The van der Waals surface area contributed by atoms with Crippen LogP contribution in [0, 0.1) is 11.3 Å². The molecule has 0 bridgehead atoms. The number of amides is 3. The number of hydrogen-bond acceptors (Lipinski definition) is 8. The lowest BCUT2D eigenvalue weighted by Gasteiger charge is -2.42. The van der Waals surface area contributed by atoms with Crippen molar-refractivity contribution < 1.29 is 37.0 Å². The van der Waals surface area contributed by atoms with Crippen molar-refractivity contribution in [1.82, 2.24) is 24.8 Å². The Morgan fingerprint density at radius 1 is 0.897 bits per heavy atom. The van der Waals surface area contributed by atoms with Gasteiger partial charge >= 0.3 is 12.5 Å². The average Bonchev–Trinajstić information content (AvgIpc) is 3.77. The molecule has 2 aromatic heterocycles. The number of carbonyl (C=O) groups is 3. The number of anilines is 2. The topological polar surface area (TPSA) is 133 Å². The highest BCUT2D eigenvalue weighted by molar-refractivity contribution is 6.34. The third-order valence-electron chi connectivity index (χ3n) is 9.93. The van der Waals surface area contributed by atoms with Gasteiger partial charge in [0.15, 0.2) is 0 Å². The van der Waals surface area contributed by atoms with E-state index in [1.165, 1.54) is 12.3 Å². The molecule has 6 rings (SSSR count). The summed E-state index contributed by atoms with van der Waals surface area (Å²) in [7, 11) is 0. The smallest absolute Gasteiger partial charge is 0.444 e. The number of carbonyl (C=O) groups excluding carboxylic acids is 3. The van der Waals surface area contributed by atoms with Crippen molar-refractivity contribution >= 4 is 41.0 Å². The zero-order chi connectivity index (χ0) is 42.3. The number of aromatic nitrogens is 3. The summed E-state index contributed by atoms with van der Waals surface area (Å²) in [6.07, 6.45) is -1.69. The SMILES string of the molecule is C[C@H]1C[C@@H](c2ncc(-c3ccc(-c4c(Cl)cc(C(=O)Nc5ccc(N6CCN(C(=O)C(C)(C)C)C[C@H]6C)nc5)cc4OC(F)(F)F)cc3)[nH]2)N(C(=O)OC(C)(C)C)C1. The van der Waals surface area contributed by atoms with Crippen molar-refractivity contribution in [3.8, 4) is 28.1 Å². The van der Waals surface area contributed by atoms with Gasteiger partial charge in [0, 0.05) is 48.8 Å². The molecule has 3 amide bonds. The van der Waals surface area contributed by atoms with Gasteiger partial charge in [-0.05, 0) is 75.4 Å². The second kappa shape index (κ2) is 16.1.